The van der Waals surface area contributed by atoms with Gasteiger partial charge in [-0.25, -0.2) is 8.42 Å². The van der Waals surface area contributed by atoms with E-state index in [1.54, 1.807) is 37.4 Å². The smallest absolute Gasteiger partial charge is 0.263 e. The number of nitrogens with one attached hydrogen (secondary N) is 3. The van der Waals surface area contributed by atoms with Gasteiger partial charge in [-0.2, -0.15) is 0 Å². The highest BCUT2D eigenvalue weighted by Gasteiger charge is 2.15. The maximum Gasteiger partial charge on any atom is 0.263 e. The van der Waals surface area contributed by atoms with Gasteiger partial charge in [0.15, 0.2) is 0 Å². The third kappa shape index (κ3) is 5.63. The predicted octanol–water partition coefficient (Wildman–Crippen LogP) is 2.47. The number of hydrogen-bond acceptors (Lipinski definition) is 8. The van der Waals surface area contributed by atoms with Gasteiger partial charge < -0.3 is 19.9 Å². The van der Waals surface area contributed by atoms with Gasteiger partial charge in [0, 0.05) is 37.2 Å². The predicted molar refractivity (Wildman–Crippen MR) is 127 cm³/mol. The topological polar surface area (TPSA) is 138 Å². The van der Waals surface area contributed by atoms with Crippen LogP contribution >= 0.6 is 0 Å². The summed E-state index contributed by atoms with van der Waals surface area (Å²) in [6, 6.07) is 15.2. The van der Waals surface area contributed by atoms with Crippen LogP contribution in [0.2, 0.25) is 0 Å². The van der Waals surface area contributed by atoms with Gasteiger partial charge in [-0.3, -0.25) is 14.8 Å². The van der Waals surface area contributed by atoms with Crippen LogP contribution < -0.4 is 19.5 Å². The fourth-order valence-electron chi connectivity index (χ4n) is 3.35. The summed E-state index contributed by atoms with van der Waals surface area (Å²) < 4.78 is 38.4. The van der Waals surface area contributed by atoms with Crippen molar-refractivity contribution in [3.63, 3.8) is 0 Å². The molecule has 4 rings (SSSR count). The van der Waals surface area contributed by atoms with Crippen molar-refractivity contribution < 1.29 is 23.0 Å². The highest BCUT2D eigenvalue weighted by molar-refractivity contribution is 7.92. The lowest BCUT2D eigenvalue weighted by atomic mass is 10.1. The van der Waals surface area contributed by atoms with Crippen molar-refractivity contribution in [2.24, 2.45) is 0 Å². The van der Waals surface area contributed by atoms with Crippen molar-refractivity contribution in [3.8, 4) is 11.6 Å². The normalized spacial score (nSPS) is 12.4. The summed E-state index contributed by atoms with van der Waals surface area (Å²) >= 11 is 0. The van der Waals surface area contributed by atoms with E-state index in [9.17, 15) is 13.5 Å². The number of sulfonamides is 1. The number of aliphatic hydroxyl groups is 1. The number of methoxy groups -OCH3 is 1. The van der Waals surface area contributed by atoms with Gasteiger partial charge in [0.25, 0.3) is 10.0 Å². The van der Waals surface area contributed by atoms with Gasteiger partial charge in [0.1, 0.15) is 17.3 Å². The number of hydrogen-bond donors (Lipinski definition) is 4. The Hall–Kier alpha value is -3.67. The zero-order valence-corrected chi connectivity index (χ0v) is 19.2. The maximum atomic E-state index is 12.5. The first-order chi connectivity index (χ1) is 16.5. The van der Waals surface area contributed by atoms with E-state index in [-0.39, 0.29) is 11.4 Å². The van der Waals surface area contributed by atoms with Crippen molar-refractivity contribution in [3.05, 3.63) is 72.6 Å². The molecule has 1 atom stereocenters. The van der Waals surface area contributed by atoms with Crippen molar-refractivity contribution in [2.45, 2.75) is 11.0 Å². The van der Waals surface area contributed by atoms with Gasteiger partial charge in [-0.1, -0.05) is 12.1 Å². The summed E-state index contributed by atoms with van der Waals surface area (Å²) in [6.07, 6.45) is 1.96. The Morgan fingerprint density at radius 1 is 1.15 bits per heavy atom. The van der Waals surface area contributed by atoms with Gasteiger partial charge in [0.2, 0.25) is 5.88 Å². The molecule has 4 N–H and O–H groups in total. The molecule has 178 valence electrons. The molecule has 0 radical (unpaired) electrons. The van der Waals surface area contributed by atoms with Gasteiger partial charge in [-0.15, -0.1) is 5.10 Å². The third-order valence-corrected chi connectivity index (χ3v) is 6.41. The fraction of sp³-hybridized carbons (Fsp3) is 0.217. The number of anilines is 1. The van der Waals surface area contributed by atoms with Crippen LogP contribution in [-0.2, 0) is 10.0 Å². The standard InChI is InChI=1S/C23H25N5O5S/c1-32-23-20-8-7-18(13-21(20)26-27-23)33-11-10-25-15-22(29)16-4-2-5-17(12-16)28-34(30,31)19-6-3-9-24-14-19/h2-9,12-14,22,25,28-29H,10-11,15H2,1H3,(H,26,27). The number of H-pyrrole nitrogens is 1. The highest BCUT2D eigenvalue weighted by Crippen LogP contribution is 2.26. The molecule has 10 nitrogen and oxygen atoms in total. The number of pyridine rings is 1. The number of aliphatic hydroxyl groups excluding tert-OH is 1. The Kier molecular flexibility index (Phi) is 7.26. The molecule has 1 unspecified atom stereocenters. The van der Waals surface area contributed by atoms with Crippen LogP contribution in [0.15, 0.2) is 71.9 Å². The number of benzene rings is 2. The van der Waals surface area contributed by atoms with Crippen molar-refractivity contribution >= 4 is 26.6 Å². The Bertz CT molecular complexity index is 1340. The zero-order valence-electron chi connectivity index (χ0n) is 18.4. The third-order valence-electron chi connectivity index (χ3n) is 5.05. The number of rotatable bonds is 11. The molecular weight excluding hydrogens is 458 g/mol. The Balaban J connectivity index is 1.26. The second-order valence-electron chi connectivity index (χ2n) is 7.43. The van der Waals surface area contributed by atoms with Crippen LogP contribution in [0.5, 0.6) is 11.6 Å². The molecule has 0 saturated heterocycles. The summed E-state index contributed by atoms with van der Waals surface area (Å²) in [5.41, 5.74) is 1.75. The van der Waals surface area contributed by atoms with Crippen LogP contribution in [0, 0.1) is 0 Å². The summed E-state index contributed by atoms with van der Waals surface area (Å²) in [5, 5.41) is 21.5. The summed E-state index contributed by atoms with van der Waals surface area (Å²) in [5.74, 6) is 1.22. The SMILES string of the molecule is COc1n[nH]c2cc(OCCNCC(O)c3cccc(NS(=O)(=O)c4cccnc4)c3)ccc12. The molecule has 0 aliphatic carbocycles. The van der Waals surface area contributed by atoms with Crippen LogP contribution in [-0.4, -0.2) is 55.5 Å². The minimum atomic E-state index is -3.76. The lowest BCUT2D eigenvalue weighted by Gasteiger charge is -2.14. The van der Waals surface area contributed by atoms with Gasteiger partial charge in [0.05, 0.1) is 24.1 Å². The van der Waals surface area contributed by atoms with E-state index < -0.39 is 16.1 Å². The monoisotopic (exact) mass is 483 g/mol. The molecule has 0 saturated carbocycles. The molecule has 34 heavy (non-hydrogen) atoms. The van der Waals surface area contributed by atoms with E-state index in [4.69, 9.17) is 9.47 Å². The average molecular weight is 484 g/mol. The molecule has 11 heteroatoms. The van der Waals surface area contributed by atoms with Crippen molar-refractivity contribution in [1.82, 2.24) is 20.5 Å². The highest BCUT2D eigenvalue weighted by atomic mass is 32.2. The average Bonchev–Trinajstić information content (AvgIpc) is 3.26. The van der Waals surface area contributed by atoms with E-state index in [2.05, 4.69) is 25.2 Å². The van der Waals surface area contributed by atoms with Crippen LogP contribution in [0.3, 0.4) is 0 Å². The summed E-state index contributed by atoms with van der Waals surface area (Å²) in [4.78, 5) is 3.90. The van der Waals surface area contributed by atoms with Gasteiger partial charge >= 0.3 is 0 Å². The molecule has 0 aliphatic heterocycles. The lowest BCUT2D eigenvalue weighted by Crippen LogP contribution is -2.26. The Morgan fingerprint density at radius 2 is 2.03 bits per heavy atom. The molecule has 2 aromatic carbocycles. The number of nitrogens with zero attached hydrogens (tertiary/aromatic N) is 2. The van der Waals surface area contributed by atoms with Crippen molar-refractivity contribution in [2.75, 3.05) is 31.5 Å². The largest absolute Gasteiger partial charge is 0.492 e. The van der Waals surface area contributed by atoms with E-state index >= 15 is 0 Å². The molecule has 0 spiro atoms. The molecule has 4 aromatic rings. The van der Waals surface area contributed by atoms with E-state index in [0.29, 0.717) is 36.0 Å². The van der Waals surface area contributed by atoms with E-state index in [1.165, 1.54) is 18.5 Å². The second kappa shape index (κ2) is 10.5. The lowest BCUT2D eigenvalue weighted by molar-refractivity contribution is 0.172. The first kappa shape index (κ1) is 23.5. The van der Waals surface area contributed by atoms with Crippen LogP contribution in [0.25, 0.3) is 10.9 Å². The van der Waals surface area contributed by atoms with Crippen LogP contribution in [0.4, 0.5) is 5.69 Å². The molecule has 0 bridgehead atoms. The molecule has 0 amide bonds. The van der Waals surface area contributed by atoms with E-state index in [0.717, 1.165) is 10.9 Å². The maximum absolute atomic E-state index is 12.5. The van der Waals surface area contributed by atoms with E-state index in [1.807, 2.05) is 18.2 Å². The first-order valence-electron chi connectivity index (χ1n) is 10.5. The minimum Gasteiger partial charge on any atom is -0.492 e. The zero-order chi connectivity index (χ0) is 24.0. The number of aromatic nitrogens is 3. The summed E-state index contributed by atoms with van der Waals surface area (Å²) in [7, 11) is -2.19. The minimum absolute atomic E-state index is 0.0634. The number of ether oxygens (including phenoxy) is 2. The molecule has 0 aliphatic rings. The Morgan fingerprint density at radius 3 is 2.82 bits per heavy atom. The molecule has 2 heterocycles. The number of fused-ring (bicyclic) bond motifs is 1. The summed E-state index contributed by atoms with van der Waals surface area (Å²) in [6.45, 7) is 1.18. The first-order valence-corrected chi connectivity index (χ1v) is 12.0. The molecule has 2 aromatic heterocycles. The quantitative estimate of drug-likeness (QED) is 0.239. The van der Waals surface area contributed by atoms with Gasteiger partial charge in [-0.05, 0) is 42.0 Å². The van der Waals surface area contributed by atoms with Crippen molar-refractivity contribution in [1.29, 1.82) is 0 Å². The molecular formula is C23H25N5O5S. The number of aromatic amines is 1. The van der Waals surface area contributed by atoms with Crippen LogP contribution in [0.1, 0.15) is 11.7 Å². The molecule has 0 fully saturated rings. The fourth-order valence-corrected chi connectivity index (χ4v) is 4.36. The second-order valence-corrected chi connectivity index (χ2v) is 9.11. The Labute approximate surface area is 197 Å².